The van der Waals surface area contributed by atoms with Gasteiger partial charge in [0.05, 0.1) is 5.02 Å². The highest BCUT2D eigenvalue weighted by Gasteiger charge is 2.20. The summed E-state index contributed by atoms with van der Waals surface area (Å²) in [6.07, 6.45) is 0.517. The van der Waals surface area contributed by atoms with Crippen molar-refractivity contribution in [3.8, 4) is 5.75 Å². The van der Waals surface area contributed by atoms with E-state index in [1.54, 1.807) is 18.2 Å². The van der Waals surface area contributed by atoms with Crippen molar-refractivity contribution in [3.05, 3.63) is 40.0 Å². The Kier molecular flexibility index (Phi) is 8.10. The van der Waals surface area contributed by atoms with Crippen LogP contribution in [0.25, 0.3) is 0 Å². The van der Waals surface area contributed by atoms with Crippen LogP contribution in [0, 0.1) is 0 Å². The van der Waals surface area contributed by atoms with Gasteiger partial charge in [-0.25, -0.2) is 0 Å². The first-order valence-corrected chi connectivity index (χ1v) is 9.77. The lowest BCUT2D eigenvalue weighted by Gasteiger charge is -2.14. The summed E-state index contributed by atoms with van der Waals surface area (Å²) in [5.74, 6) is 1.38. The van der Waals surface area contributed by atoms with Crippen molar-refractivity contribution in [2.75, 3.05) is 13.2 Å². The average Bonchev–Trinajstić information content (AvgIpc) is 3.10. The van der Waals surface area contributed by atoms with E-state index in [1.807, 2.05) is 20.8 Å². The van der Waals surface area contributed by atoms with Gasteiger partial charge in [-0.2, -0.15) is 4.98 Å². The smallest absolute Gasteiger partial charge is 0.226 e. The monoisotopic (exact) mass is 429 g/mol. The first-order chi connectivity index (χ1) is 13.2. The van der Waals surface area contributed by atoms with Crippen LogP contribution < -0.4 is 10.1 Å². The molecule has 2 aromatic rings. The lowest BCUT2D eigenvalue weighted by molar-refractivity contribution is -0.121. The number of nitrogens with one attached hydrogen (secondary N) is 1. The van der Waals surface area contributed by atoms with E-state index in [1.165, 1.54) is 0 Å². The number of halogens is 2. The highest BCUT2D eigenvalue weighted by atomic mass is 35.5. The van der Waals surface area contributed by atoms with Gasteiger partial charge in [-0.15, -0.1) is 0 Å². The number of hydrogen-bond donors (Lipinski definition) is 2. The van der Waals surface area contributed by atoms with Crippen molar-refractivity contribution in [2.45, 2.75) is 51.6 Å². The summed E-state index contributed by atoms with van der Waals surface area (Å²) in [7, 11) is 0. The largest absolute Gasteiger partial charge is 0.489 e. The number of rotatable bonds is 9. The molecule has 0 fully saturated rings. The molecule has 1 amide bonds. The summed E-state index contributed by atoms with van der Waals surface area (Å²) in [6, 6.07) is 5.00. The Morgan fingerprint density at radius 3 is 2.79 bits per heavy atom. The van der Waals surface area contributed by atoms with E-state index in [-0.39, 0.29) is 29.5 Å². The Bertz CT molecular complexity index is 790. The van der Waals surface area contributed by atoms with Gasteiger partial charge in [-0.1, -0.05) is 55.2 Å². The zero-order valence-corrected chi connectivity index (χ0v) is 17.7. The Hall–Kier alpha value is -1.83. The number of amides is 1. The number of benzene rings is 1. The fourth-order valence-corrected chi connectivity index (χ4v) is 2.57. The van der Waals surface area contributed by atoms with Gasteiger partial charge in [0.15, 0.2) is 5.82 Å². The quantitative estimate of drug-likeness (QED) is 0.632. The minimum Gasteiger partial charge on any atom is -0.489 e. The Morgan fingerprint density at radius 2 is 2.11 bits per heavy atom. The molecule has 9 heteroatoms. The highest BCUT2D eigenvalue weighted by Crippen LogP contribution is 2.31. The van der Waals surface area contributed by atoms with Crippen molar-refractivity contribution in [3.63, 3.8) is 0 Å². The second-order valence-corrected chi connectivity index (χ2v) is 8.22. The molecule has 1 aromatic heterocycles. The standard InChI is InChI=1S/C19H25Cl2N3O4/c1-19(2,3)18-23-16(28-24-18)9-5-8-15(26)22-10-12(25)11-27-14-7-4-6-13(20)17(14)21/h4,6-7,12,25H,5,8-11H2,1-3H3,(H,22,26). The van der Waals surface area contributed by atoms with E-state index in [0.717, 1.165) is 0 Å². The summed E-state index contributed by atoms with van der Waals surface area (Å²) in [5, 5.41) is 17.2. The predicted molar refractivity (Wildman–Crippen MR) is 107 cm³/mol. The summed E-state index contributed by atoms with van der Waals surface area (Å²) < 4.78 is 10.6. The van der Waals surface area contributed by atoms with Crippen LogP contribution in [-0.2, 0) is 16.6 Å². The first kappa shape index (κ1) is 22.5. The normalized spacial score (nSPS) is 12.6. The number of aryl methyl sites for hydroxylation is 1. The molecule has 154 valence electrons. The van der Waals surface area contributed by atoms with Crippen LogP contribution in [0.2, 0.25) is 10.0 Å². The molecule has 0 aliphatic rings. The maximum Gasteiger partial charge on any atom is 0.226 e. The molecule has 0 aliphatic heterocycles. The van der Waals surface area contributed by atoms with Gasteiger partial charge in [-0.05, 0) is 18.6 Å². The molecule has 0 radical (unpaired) electrons. The molecule has 0 saturated heterocycles. The Morgan fingerprint density at radius 1 is 1.36 bits per heavy atom. The average molecular weight is 430 g/mol. The van der Waals surface area contributed by atoms with E-state index in [4.69, 9.17) is 32.5 Å². The first-order valence-electron chi connectivity index (χ1n) is 9.01. The third-order valence-corrected chi connectivity index (χ3v) is 4.62. The fourth-order valence-electron chi connectivity index (χ4n) is 2.22. The van der Waals surface area contributed by atoms with Crippen LogP contribution in [0.1, 0.15) is 45.3 Å². The second kappa shape index (κ2) is 10.1. The van der Waals surface area contributed by atoms with Gasteiger partial charge >= 0.3 is 0 Å². The summed E-state index contributed by atoms with van der Waals surface area (Å²) in [4.78, 5) is 16.2. The lowest BCUT2D eigenvalue weighted by atomic mass is 9.96. The van der Waals surface area contributed by atoms with Gasteiger partial charge in [-0.3, -0.25) is 4.79 Å². The second-order valence-electron chi connectivity index (χ2n) is 7.44. The predicted octanol–water partition coefficient (Wildman–Crippen LogP) is 3.55. The van der Waals surface area contributed by atoms with Crippen molar-refractivity contribution in [2.24, 2.45) is 0 Å². The van der Waals surface area contributed by atoms with E-state index in [9.17, 15) is 9.90 Å². The molecule has 0 aliphatic carbocycles. The van der Waals surface area contributed by atoms with Crippen LogP contribution in [0.15, 0.2) is 22.7 Å². The molecular formula is C19H25Cl2N3O4. The molecular weight excluding hydrogens is 405 g/mol. The van der Waals surface area contributed by atoms with Crippen LogP contribution in [-0.4, -0.2) is 40.4 Å². The van der Waals surface area contributed by atoms with Gasteiger partial charge < -0.3 is 19.7 Å². The van der Waals surface area contributed by atoms with Crippen molar-refractivity contribution >= 4 is 29.1 Å². The van der Waals surface area contributed by atoms with E-state index in [0.29, 0.717) is 41.7 Å². The van der Waals surface area contributed by atoms with Crippen molar-refractivity contribution in [1.29, 1.82) is 0 Å². The maximum atomic E-state index is 11.9. The van der Waals surface area contributed by atoms with Gasteiger partial charge in [0, 0.05) is 24.8 Å². The van der Waals surface area contributed by atoms with Crippen LogP contribution in [0.4, 0.5) is 0 Å². The van der Waals surface area contributed by atoms with Gasteiger partial charge in [0.2, 0.25) is 11.8 Å². The minimum atomic E-state index is -0.871. The van der Waals surface area contributed by atoms with E-state index < -0.39 is 6.10 Å². The van der Waals surface area contributed by atoms with Gasteiger partial charge in [0.25, 0.3) is 0 Å². The zero-order valence-electron chi connectivity index (χ0n) is 16.2. The molecule has 0 spiro atoms. The van der Waals surface area contributed by atoms with Gasteiger partial charge in [0.1, 0.15) is 23.5 Å². The topological polar surface area (TPSA) is 97.5 Å². The number of nitrogens with zero attached hydrogens (tertiary/aromatic N) is 2. The van der Waals surface area contributed by atoms with Crippen LogP contribution in [0.5, 0.6) is 5.75 Å². The number of aromatic nitrogens is 2. The number of carbonyl (C=O) groups excluding carboxylic acids is 1. The molecule has 1 atom stereocenters. The number of ether oxygens (including phenoxy) is 1. The third-order valence-electron chi connectivity index (χ3n) is 3.82. The molecule has 2 rings (SSSR count). The number of hydrogen-bond acceptors (Lipinski definition) is 6. The maximum absolute atomic E-state index is 11.9. The highest BCUT2D eigenvalue weighted by molar-refractivity contribution is 6.42. The number of carbonyl (C=O) groups is 1. The molecule has 28 heavy (non-hydrogen) atoms. The number of aliphatic hydroxyl groups excluding tert-OH is 1. The molecule has 2 N–H and O–H groups in total. The molecule has 0 saturated carbocycles. The molecule has 0 bridgehead atoms. The molecule has 1 aromatic carbocycles. The molecule has 7 nitrogen and oxygen atoms in total. The number of aliphatic hydroxyl groups is 1. The lowest BCUT2D eigenvalue weighted by Crippen LogP contribution is -2.35. The van der Waals surface area contributed by atoms with Crippen LogP contribution in [0.3, 0.4) is 0 Å². The van der Waals surface area contributed by atoms with E-state index >= 15 is 0 Å². The third kappa shape index (κ3) is 6.96. The summed E-state index contributed by atoms with van der Waals surface area (Å²) in [5.41, 5.74) is -0.174. The van der Waals surface area contributed by atoms with Crippen molar-refractivity contribution in [1.82, 2.24) is 15.5 Å². The fraction of sp³-hybridized carbons (Fsp3) is 0.526. The molecule has 1 heterocycles. The zero-order chi connectivity index (χ0) is 20.7. The SMILES string of the molecule is CC(C)(C)c1noc(CCCC(=O)NCC(O)COc2cccc(Cl)c2Cl)n1. The Labute approximate surface area is 174 Å². The summed E-state index contributed by atoms with van der Waals surface area (Å²) >= 11 is 11.9. The summed E-state index contributed by atoms with van der Waals surface area (Å²) in [6.45, 7) is 6.07. The van der Waals surface area contributed by atoms with E-state index in [2.05, 4.69) is 15.5 Å². The molecule has 1 unspecified atom stereocenters. The Balaban J connectivity index is 1.65. The minimum absolute atomic E-state index is 0.0160. The van der Waals surface area contributed by atoms with Crippen LogP contribution >= 0.6 is 23.2 Å². The van der Waals surface area contributed by atoms with Crippen molar-refractivity contribution < 1.29 is 19.2 Å².